The first-order chi connectivity index (χ1) is 12.5. The van der Waals surface area contributed by atoms with Crippen LogP contribution in [0.15, 0.2) is 48.5 Å². The highest BCUT2D eigenvalue weighted by Gasteiger charge is 2.20. The Morgan fingerprint density at radius 3 is 2.42 bits per heavy atom. The van der Waals surface area contributed by atoms with Crippen molar-refractivity contribution in [2.45, 2.75) is 32.8 Å². The van der Waals surface area contributed by atoms with E-state index in [4.69, 9.17) is 4.74 Å². The molecule has 1 saturated heterocycles. The number of rotatable bonds is 5. The lowest BCUT2D eigenvalue weighted by molar-refractivity contribution is -0.122. The Kier molecular flexibility index (Phi) is 5.56. The largest absolute Gasteiger partial charge is 0.481 e. The van der Waals surface area contributed by atoms with Crippen LogP contribution in [0.3, 0.4) is 0 Å². The van der Waals surface area contributed by atoms with Gasteiger partial charge in [0, 0.05) is 24.3 Å². The van der Waals surface area contributed by atoms with Gasteiger partial charge in [-0.1, -0.05) is 12.1 Å². The molecule has 0 bridgehead atoms. The van der Waals surface area contributed by atoms with Gasteiger partial charge in [-0.15, -0.1) is 0 Å². The van der Waals surface area contributed by atoms with Crippen molar-refractivity contribution in [1.29, 1.82) is 0 Å². The number of carbonyl (C=O) groups excluding carboxylic acids is 2. The number of hydrogen-bond donors (Lipinski definition) is 1. The molecule has 26 heavy (non-hydrogen) atoms. The minimum Gasteiger partial charge on any atom is -0.481 e. The summed E-state index contributed by atoms with van der Waals surface area (Å²) in [5, 5.41) is 2.82. The molecule has 2 amide bonds. The zero-order chi connectivity index (χ0) is 18.5. The molecule has 2 aromatic rings. The van der Waals surface area contributed by atoms with Crippen LogP contribution in [-0.4, -0.2) is 35.9 Å². The first-order valence-electron chi connectivity index (χ1n) is 8.96. The predicted octanol–water partition coefficient (Wildman–Crippen LogP) is 3.64. The van der Waals surface area contributed by atoms with Crippen molar-refractivity contribution < 1.29 is 14.3 Å². The number of ether oxygens (including phenoxy) is 1. The Balaban J connectivity index is 1.57. The van der Waals surface area contributed by atoms with Crippen LogP contribution in [0, 0.1) is 6.92 Å². The predicted molar refractivity (Wildman–Crippen MR) is 101 cm³/mol. The van der Waals surface area contributed by atoms with Gasteiger partial charge in [0.05, 0.1) is 0 Å². The Labute approximate surface area is 154 Å². The van der Waals surface area contributed by atoms with E-state index in [1.165, 1.54) is 0 Å². The van der Waals surface area contributed by atoms with E-state index < -0.39 is 6.10 Å². The van der Waals surface area contributed by atoms with Crippen molar-refractivity contribution in [2.75, 3.05) is 18.4 Å². The van der Waals surface area contributed by atoms with Crippen molar-refractivity contribution in [3.05, 3.63) is 59.7 Å². The topological polar surface area (TPSA) is 58.6 Å². The SMILES string of the molecule is Cc1cccc(O[C@@H](C)C(=O)Nc2ccc(C(=O)N3CCCC3)cc2)c1. The van der Waals surface area contributed by atoms with E-state index in [1.807, 2.05) is 36.1 Å². The summed E-state index contributed by atoms with van der Waals surface area (Å²) in [5.41, 5.74) is 2.37. The summed E-state index contributed by atoms with van der Waals surface area (Å²) in [6.45, 7) is 5.34. The van der Waals surface area contributed by atoms with Gasteiger partial charge in [0.2, 0.25) is 0 Å². The maximum absolute atomic E-state index is 12.3. The van der Waals surface area contributed by atoms with Crippen LogP contribution in [0.25, 0.3) is 0 Å². The number of likely N-dealkylation sites (tertiary alicyclic amines) is 1. The van der Waals surface area contributed by atoms with Gasteiger partial charge in [-0.05, 0) is 68.7 Å². The molecule has 1 aliphatic rings. The van der Waals surface area contributed by atoms with E-state index in [9.17, 15) is 9.59 Å². The molecule has 1 heterocycles. The van der Waals surface area contributed by atoms with Gasteiger partial charge >= 0.3 is 0 Å². The van der Waals surface area contributed by atoms with Crippen molar-refractivity contribution in [2.24, 2.45) is 0 Å². The summed E-state index contributed by atoms with van der Waals surface area (Å²) in [6.07, 6.45) is 1.51. The highest BCUT2D eigenvalue weighted by atomic mass is 16.5. The number of aryl methyl sites for hydroxylation is 1. The third-order valence-corrected chi connectivity index (χ3v) is 4.46. The summed E-state index contributed by atoms with van der Waals surface area (Å²) in [4.78, 5) is 26.5. The molecule has 3 rings (SSSR count). The number of hydrogen-bond acceptors (Lipinski definition) is 3. The lowest BCUT2D eigenvalue weighted by Crippen LogP contribution is -2.30. The van der Waals surface area contributed by atoms with E-state index >= 15 is 0 Å². The zero-order valence-corrected chi connectivity index (χ0v) is 15.2. The molecular formula is C21H24N2O3. The van der Waals surface area contributed by atoms with Crippen LogP contribution in [0.5, 0.6) is 5.75 Å². The van der Waals surface area contributed by atoms with Crippen molar-refractivity contribution in [3.63, 3.8) is 0 Å². The molecule has 1 atom stereocenters. The molecule has 0 unspecified atom stereocenters. The fraction of sp³-hybridized carbons (Fsp3) is 0.333. The van der Waals surface area contributed by atoms with Crippen LogP contribution in [-0.2, 0) is 4.79 Å². The first-order valence-corrected chi connectivity index (χ1v) is 8.96. The molecule has 5 heteroatoms. The van der Waals surface area contributed by atoms with Gasteiger partial charge in [-0.2, -0.15) is 0 Å². The van der Waals surface area contributed by atoms with E-state index in [0.29, 0.717) is 17.0 Å². The van der Waals surface area contributed by atoms with Gasteiger partial charge in [0.15, 0.2) is 6.10 Å². The number of nitrogens with zero attached hydrogens (tertiary/aromatic N) is 1. The van der Waals surface area contributed by atoms with E-state index in [2.05, 4.69) is 5.32 Å². The average Bonchev–Trinajstić information content (AvgIpc) is 3.16. The molecule has 1 N–H and O–H groups in total. The van der Waals surface area contributed by atoms with Gasteiger partial charge in [-0.25, -0.2) is 0 Å². The van der Waals surface area contributed by atoms with Crippen LogP contribution in [0.1, 0.15) is 35.7 Å². The van der Waals surface area contributed by atoms with Gasteiger partial charge < -0.3 is 15.0 Å². The molecule has 1 fully saturated rings. The van der Waals surface area contributed by atoms with Crippen molar-refractivity contribution in [1.82, 2.24) is 4.90 Å². The minimum atomic E-state index is -0.622. The molecule has 2 aromatic carbocycles. The smallest absolute Gasteiger partial charge is 0.265 e. The van der Waals surface area contributed by atoms with Crippen LogP contribution in [0.4, 0.5) is 5.69 Å². The molecule has 0 saturated carbocycles. The number of benzene rings is 2. The second-order valence-electron chi connectivity index (χ2n) is 6.64. The molecular weight excluding hydrogens is 328 g/mol. The number of carbonyl (C=O) groups is 2. The molecule has 0 aromatic heterocycles. The van der Waals surface area contributed by atoms with E-state index in [1.54, 1.807) is 31.2 Å². The van der Waals surface area contributed by atoms with Crippen LogP contribution in [0.2, 0.25) is 0 Å². The van der Waals surface area contributed by atoms with Gasteiger partial charge in [0.1, 0.15) is 5.75 Å². The minimum absolute atomic E-state index is 0.0523. The fourth-order valence-electron chi connectivity index (χ4n) is 2.99. The molecule has 0 radical (unpaired) electrons. The summed E-state index contributed by atoms with van der Waals surface area (Å²) in [5.74, 6) is 0.487. The highest BCUT2D eigenvalue weighted by molar-refractivity contribution is 5.97. The number of nitrogens with one attached hydrogen (secondary N) is 1. The normalized spacial score (nSPS) is 14.8. The lowest BCUT2D eigenvalue weighted by atomic mass is 10.2. The zero-order valence-electron chi connectivity index (χ0n) is 15.2. The third kappa shape index (κ3) is 4.42. The fourth-order valence-corrected chi connectivity index (χ4v) is 2.99. The summed E-state index contributed by atoms with van der Waals surface area (Å²) < 4.78 is 5.69. The Bertz CT molecular complexity index is 780. The van der Waals surface area contributed by atoms with Crippen LogP contribution >= 0.6 is 0 Å². The highest BCUT2D eigenvalue weighted by Crippen LogP contribution is 2.17. The Morgan fingerprint density at radius 1 is 1.08 bits per heavy atom. The van der Waals surface area contributed by atoms with Crippen LogP contribution < -0.4 is 10.1 Å². The first kappa shape index (κ1) is 18.0. The Hall–Kier alpha value is -2.82. The second-order valence-corrected chi connectivity index (χ2v) is 6.64. The summed E-state index contributed by atoms with van der Waals surface area (Å²) in [6, 6.07) is 14.6. The summed E-state index contributed by atoms with van der Waals surface area (Å²) >= 11 is 0. The molecule has 1 aliphatic heterocycles. The third-order valence-electron chi connectivity index (χ3n) is 4.46. The maximum atomic E-state index is 12.3. The lowest BCUT2D eigenvalue weighted by Gasteiger charge is -2.16. The molecule has 5 nitrogen and oxygen atoms in total. The van der Waals surface area contributed by atoms with Crippen molar-refractivity contribution >= 4 is 17.5 Å². The standard InChI is InChI=1S/C21H24N2O3/c1-15-6-5-7-19(14-15)26-16(2)20(24)22-18-10-8-17(9-11-18)21(25)23-12-3-4-13-23/h5-11,14,16H,3-4,12-13H2,1-2H3,(H,22,24)/t16-/m0/s1. The number of amides is 2. The molecule has 136 valence electrons. The number of anilines is 1. The van der Waals surface area contributed by atoms with Gasteiger partial charge in [0.25, 0.3) is 11.8 Å². The Morgan fingerprint density at radius 2 is 1.77 bits per heavy atom. The van der Waals surface area contributed by atoms with E-state index in [-0.39, 0.29) is 11.8 Å². The molecule has 0 aliphatic carbocycles. The second kappa shape index (κ2) is 8.04. The average molecular weight is 352 g/mol. The van der Waals surface area contributed by atoms with E-state index in [0.717, 1.165) is 31.5 Å². The summed E-state index contributed by atoms with van der Waals surface area (Å²) in [7, 11) is 0. The monoisotopic (exact) mass is 352 g/mol. The maximum Gasteiger partial charge on any atom is 0.265 e. The quantitative estimate of drug-likeness (QED) is 0.894. The van der Waals surface area contributed by atoms with Crippen molar-refractivity contribution in [3.8, 4) is 5.75 Å². The van der Waals surface area contributed by atoms with Gasteiger partial charge in [-0.3, -0.25) is 9.59 Å². The molecule has 0 spiro atoms.